The molecule has 120 valence electrons. The minimum Gasteiger partial charge on any atom is -0.340 e. The van der Waals surface area contributed by atoms with Gasteiger partial charge in [-0.05, 0) is 45.2 Å². The highest BCUT2D eigenvalue weighted by Crippen LogP contribution is 2.23. The van der Waals surface area contributed by atoms with Gasteiger partial charge in [0.05, 0.1) is 0 Å². The molecule has 2 heterocycles. The van der Waals surface area contributed by atoms with E-state index in [1.165, 1.54) is 0 Å². The lowest BCUT2D eigenvalue weighted by atomic mass is 10.1. The largest absolute Gasteiger partial charge is 0.340 e. The van der Waals surface area contributed by atoms with Crippen molar-refractivity contribution in [2.75, 3.05) is 19.6 Å². The quantitative estimate of drug-likeness (QED) is 0.856. The summed E-state index contributed by atoms with van der Waals surface area (Å²) >= 11 is 0. The van der Waals surface area contributed by atoms with Gasteiger partial charge in [0.2, 0.25) is 5.91 Å². The standard InChI is InChI=1S/C18H25FN2O/c1-14-6-7-17(19)15(12-14)13-20-9-2-4-16(8-11-20)21-10-3-5-18(21)22/h6-7,12,16H,2-5,8-11,13H2,1H3. The van der Waals surface area contributed by atoms with E-state index in [0.717, 1.165) is 56.4 Å². The van der Waals surface area contributed by atoms with E-state index in [0.29, 0.717) is 24.9 Å². The summed E-state index contributed by atoms with van der Waals surface area (Å²) in [7, 11) is 0. The summed E-state index contributed by atoms with van der Waals surface area (Å²) < 4.78 is 13.9. The molecule has 3 rings (SSSR count). The van der Waals surface area contributed by atoms with Gasteiger partial charge in [0, 0.05) is 37.7 Å². The lowest BCUT2D eigenvalue weighted by molar-refractivity contribution is -0.129. The number of likely N-dealkylation sites (tertiary alicyclic amines) is 2. The molecule has 1 aromatic rings. The average Bonchev–Trinajstić information content (AvgIpc) is 2.79. The molecular formula is C18H25FN2O. The normalized spacial score (nSPS) is 23.8. The van der Waals surface area contributed by atoms with Crippen LogP contribution in [0.25, 0.3) is 0 Å². The number of amides is 1. The molecule has 1 amide bonds. The highest BCUT2D eigenvalue weighted by molar-refractivity contribution is 5.78. The monoisotopic (exact) mass is 304 g/mol. The third-order valence-electron chi connectivity index (χ3n) is 4.94. The van der Waals surface area contributed by atoms with Crippen LogP contribution in [0.4, 0.5) is 4.39 Å². The van der Waals surface area contributed by atoms with Crippen molar-refractivity contribution in [1.29, 1.82) is 0 Å². The minimum atomic E-state index is -0.110. The molecule has 0 saturated carbocycles. The number of halogens is 1. The summed E-state index contributed by atoms with van der Waals surface area (Å²) in [5.74, 6) is 0.212. The van der Waals surface area contributed by atoms with Crippen molar-refractivity contribution in [3.63, 3.8) is 0 Å². The summed E-state index contributed by atoms with van der Waals surface area (Å²) in [4.78, 5) is 16.3. The predicted octanol–water partition coefficient (Wildman–Crippen LogP) is 3.11. The first-order valence-corrected chi connectivity index (χ1v) is 8.40. The van der Waals surface area contributed by atoms with E-state index in [1.807, 2.05) is 19.1 Å². The lowest BCUT2D eigenvalue weighted by Crippen LogP contribution is -2.37. The molecule has 1 aromatic carbocycles. The molecule has 1 atom stereocenters. The Balaban J connectivity index is 1.60. The smallest absolute Gasteiger partial charge is 0.222 e. The van der Waals surface area contributed by atoms with E-state index in [1.54, 1.807) is 6.07 Å². The van der Waals surface area contributed by atoms with Crippen LogP contribution >= 0.6 is 0 Å². The van der Waals surface area contributed by atoms with Gasteiger partial charge in [0.25, 0.3) is 0 Å². The van der Waals surface area contributed by atoms with Crippen LogP contribution in [-0.4, -0.2) is 41.4 Å². The molecule has 0 radical (unpaired) electrons. The van der Waals surface area contributed by atoms with E-state index < -0.39 is 0 Å². The van der Waals surface area contributed by atoms with Gasteiger partial charge in [-0.3, -0.25) is 9.69 Å². The van der Waals surface area contributed by atoms with Gasteiger partial charge in [0.15, 0.2) is 0 Å². The van der Waals surface area contributed by atoms with Crippen molar-refractivity contribution >= 4 is 5.91 Å². The average molecular weight is 304 g/mol. The second-order valence-corrected chi connectivity index (χ2v) is 6.65. The molecule has 2 saturated heterocycles. The van der Waals surface area contributed by atoms with Crippen LogP contribution in [0.1, 0.15) is 43.2 Å². The van der Waals surface area contributed by atoms with E-state index in [4.69, 9.17) is 0 Å². The van der Waals surface area contributed by atoms with Crippen LogP contribution in [0, 0.1) is 12.7 Å². The van der Waals surface area contributed by atoms with Gasteiger partial charge in [-0.1, -0.05) is 17.7 Å². The van der Waals surface area contributed by atoms with Crippen LogP contribution in [-0.2, 0) is 11.3 Å². The number of carbonyl (C=O) groups is 1. The highest BCUT2D eigenvalue weighted by atomic mass is 19.1. The van der Waals surface area contributed by atoms with Crippen LogP contribution in [0.2, 0.25) is 0 Å². The third kappa shape index (κ3) is 3.49. The van der Waals surface area contributed by atoms with Gasteiger partial charge >= 0.3 is 0 Å². The molecule has 2 aliphatic rings. The van der Waals surface area contributed by atoms with E-state index in [2.05, 4.69) is 9.80 Å². The number of aryl methyl sites for hydroxylation is 1. The molecule has 0 spiro atoms. The van der Waals surface area contributed by atoms with Crippen LogP contribution in [0.5, 0.6) is 0 Å². The summed E-state index contributed by atoms with van der Waals surface area (Å²) in [6.45, 7) is 5.54. The highest BCUT2D eigenvalue weighted by Gasteiger charge is 2.29. The molecule has 1 unspecified atom stereocenters. The molecule has 22 heavy (non-hydrogen) atoms. The number of hydrogen-bond acceptors (Lipinski definition) is 2. The van der Waals surface area contributed by atoms with Crippen molar-refractivity contribution in [2.24, 2.45) is 0 Å². The number of benzene rings is 1. The summed E-state index contributed by atoms with van der Waals surface area (Å²) in [5, 5.41) is 0. The zero-order valence-electron chi connectivity index (χ0n) is 13.4. The fraction of sp³-hybridized carbons (Fsp3) is 0.611. The number of rotatable bonds is 3. The van der Waals surface area contributed by atoms with E-state index >= 15 is 0 Å². The second-order valence-electron chi connectivity index (χ2n) is 6.65. The third-order valence-corrected chi connectivity index (χ3v) is 4.94. The first-order valence-electron chi connectivity index (χ1n) is 8.40. The molecule has 4 heteroatoms. The maximum atomic E-state index is 13.9. The van der Waals surface area contributed by atoms with E-state index in [9.17, 15) is 9.18 Å². The Morgan fingerprint density at radius 1 is 1.18 bits per heavy atom. The van der Waals surface area contributed by atoms with Gasteiger partial charge in [-0.25, -0.2) is 4.39 Å². The van der Waals surface area contributed by atoms with Crippen molar-refractivity contribution < 1.29 is 9.18 Å². The second kappa shape index (κ2) is 6.78. The predicted molar refractivity (Wildman–Crippen MR) is 85.0 cm³/mol. The molecule has 3 nitrogen and oxygen atoms in total. The van der Waals surface area contributed by atoms with Crippen LogP contribution < -0.4 is 0 Å². The molecular weight excluding hydrogens is 279 g/mol. The van der Waals surface area contributed by atoms with Crippen LogP contribution in [0.3, 0.4) is 0 Å². The summed E-state index contributed by atoms with van der Waals surface area (Å²) in [6, 6.07) is 5.72. The van der Waals surface area contributed by atoms with Crippen molar-refractivity contribution in [1.82, 2.24) is 9.80 Å². The maximum absolute atomic E-state index is 13.9. The number of nitrogens with zero attached hydrogens (tertiary/aromatic N) is 2. The Kier molecular flexibility index (Phi) is 4.77. The Bertz CT molecular complexity index is 546. The molecule has 0 aliphatic carbocycles. The van der Waals surface area contributed by atoms with Gasteiger partial charge in [-0.2, -0.15) is 0 Å². The molecule has 0 bridgehead atoms. The molecule has 0 aromatic heterocycles. The maximum Gasteiger partial charge on any atom is 0.222 e. The van der Waals surface area contributed by atoms with E-state index in [-0.39, 0.29) is 5.82 Å². The molecule has 2 fully saturated rings. The topological polar surface area (TPSA) is 23.6 Å². The van der Waals surface area contributed by atoms with Gasteiger partial charge in [0.1, 0.15) is 5.82 Å². The van der Waals surface area contributed by atoms with Crippen molar-refractivity contribution in [3.8, 4) is 0 Å². The first-order chi connectivity index (χ1) is 10.6. The number of carbonyl (C=O) groups excluding carboxylic acids is 1. The lowest BCUT2D eigenvalue weighted by Gasteiger charge is -2.27. The molecule has 0 N–H and O–H groups in total. The SMILES string of the molecule is Cc1ccc(F)c(CN2CCCC(N3CCCC3=O)CC2)c1. The summed E-state index contributed by atoms with van der Waals surface area (Å²) in [5.41, 5.74) is 1.89. The fourth-order valence-electron chi connectivity index (χ4n) is 3.73. The van der Waals surface area contributed by atoms with Gasteiger partial charge < -0.3 is 4.90 Å². The first kappa shape index (κ1) is 15.5. The Morgan fingerprint density at radius 2 is 2.05 bits per heavy atom. The summed E-state index contributed by atoms with van der Waals surface area (Å²) in [6.07, 6.45) is 4.90. The molecule has 2 aliphatic heterocycles. The minimum absolute atomic E-state index is 0.110. The Hall–Kier alpha value is -1.42. The van der Waals surface area contributed by atoms with Crippen molar-refractivity contribution in [2.45, 2.75) is 51.6 Å². The number of hydrogen-bond donors (Lipinski definition) is 0. The zero-order valence-corrected chi connectivity index (χ0v) is 13.4. The zero-order chi connectivity index (χ0) is 15.5. The van der Waals surface area contributed by atoms with Crippen LogP contribution in [0.15, 0.2) is 18.2 Å². The fourth-order valence-corrected chi connectivity index (χ4v) is 3.73. The Morgan fingerprint density at radius 3 is 2.82 bits per heavy atom. The van der Waals surface area contributed by atoms with Gasteiger partial charge in [-0.15, -0.1) is 0 Å². The van der Waals surface area contributed by atoms with Crippen molar-refractivity contribution in [3.05, 3.63) is 35.1 Å². The Labute approximate surface area is 132 Å².